The molecule has 0 saturated heterocycles. The minimum Gasteiger partial charge on any atom is -0.481 e. The molecule has 0 spiro atoms. The fraction of sp³-hybridized carbons (Fsp3) is 0.444. The van der Waals surface area contributed by atoms with Crippen molar-refractivity contribution in [3.8, 4) is 0 Å². The maximum atomic E-state index is 10.7. The highest BCUT2D eigenvalue weighted by molar-refractivity contribution is 7.85. The Morgan fingerprint density at radius 1 is 1.56 bits per heavy atom. The summed E-state index contributed by atoms with van der Waals surface area (Å²) in [4.78, 5) is 11.2. The lowest BCUT2D eigenvalue weighted by molar-refractivity contribution is -0.136. The molecule has 0 aromatic carbocycles. The van der Waals surface area contributed by atoms with E-state index in [1.165, 1.54) is 11.3 Å². The Kier molecular flexibility index (Phi) is 4.45. The SMILES string of the molecule is CS(=O)(=O)OCCc1csc(CC(=O)O)c1. The van der Waals surface area contributed by atoms with E-state index in [-0.39, 0.29) is 13.0 Å². The van der Waals surface area contributed by atoms with Crippen molar-refractivity contribution >= 4 is 27.4 Å². The minimum atomic E-state index is -3.40. The van der Waals surface area contributed by atoms with Crippen LogP contribution in [0.25, 0.3) is 0 Å². The number of carbonyl (C=O) groups is 1. The van der Waals surface area contributed by atoms with Gasteiger partial charge < -0.3 is 5.11 Å². The van der Waals surface area contributed by atoms with E-state index in [2.05, 4.69) is 4.18 Å². The normalized spacial score (nSPS) is 11.6. The van der Waals surface area contributed by atoms with Crippen molar-refractivity contribution in [1.29, 1.82) is 0 Å². The minimum absolute atomic E-state index is 0.00238. The monoisotopic (exact) mass is 264 g/mol. The Morgan fingerprint density at radius 3 is 2.81 bits per heavy atom. The molecule has 0 amide bonds. The molecule has 0 aliphatic carbocycles. The number of hydrogen-bond acceptors (Lipinski definition) is 5. The second-order valence-electron chi connectivity index (χ2n) is 3.27. The van der Waals surface area contributed by atoms with E-state index in [1.54, 1.807) is 6.07 Å². The standard InChI is InChI=1S/C9H12O5S2/c1-16(12,13)14-3-2-7-4-8(15-6-7)5-9(10)11/h4,6H,2-3,5H2,1H3,(H,10,11). The molecule has 0 fully saturated rings. The molecule has 0 saturated carbocycles. The Balaban J connectivity index is 2.43. The van der Waals surface area contributed by atoms with Crippen molar-refractivity contribution in [2.45, 2.75) is 12.8 Å². The molecule has 0 atom stereocenters. The van der Waals surface area contributed by atoms with E-state index < -0.39 is 16.1 Å². The number of aliphatic carboxylic acids is 1. The molecule has 1 heterocycles. The first-order chi connectivity index (χ1) is 7.37. The lowest BCUT2D eigenvalue weighted by Gasteiger charge is -1.98. The van der Waals surface area contributed by atoms with Gasteiger partial charge in [0, 0.05) is 4.88 Å². The largest absolute Gasteiger partial charge is 0.481 e. The van der Waals surface area contributed by atoms with E-state index >= 15 is 0 Å². The van der Waals surface area contributed by atoms with E-state index in [4.69, 9.17) is 5.11 Å². The third kappa shape index (κ3) is 5.24. The van der Waals surface area contributed by atoms with E-state index in [1.807, 2.05) is 5.38 Å². The van der Waals surface area contributed by atoms with E-state index in [0.29, 0.717) is 6.42 Å². The van der Waals surface area contributed by atoms with E-state index in [9.17, 15) is 13.2 Å². The van der Waals surface area contributed by atoms with Crippen LogP contribution in [0.3, 0.4) is 0 Å². The molecular formula is C9H12O5S2. The van der Waals surface area contributed by atoms with Gasteiger partial charge in [0.2, 0.25) is 0 Å². The number of carboxylic acid groups (broad SMARTS) is 1. The topological polar surface area (TPSA) is 80.7 Å². The van der Waals surface area contributed by atoms with Crippen molar-refractivity contribution < 1.29 is 22.5 Å². The van der Waals surface area contributed by atoms with Crippen LogP contribution in [0.1, 0.15) is 10.4 Å². The van der Waals surface area contributed by atoms with Crippen molar-refractivity contribution in [3.63, 3.8) is 0 Å². The fourth-order valence-corrected chi connectivity index (χ4v) is 2.41. The number of hydrogen-bond donors (Lipinski definition) is 1. The van der Waals surface area contributed by atoms with Gasteiger partial charge in [-0.15, -0.1) is 11.3 Å². The molecule has 1 N–H and O–H groups in total. The summed E-state index contributed by atoms with van der Waals surface area (Å²) in [6, 6.07) is 1.75. The quantitative estimate of drug-likeness (QED) is 0.772. The van der Waals surface area contributed by atoms with Gasteiger partial charge in [-0.1, -0.05) is 0 Å². The predicted molar refractivity (Wildman–Crippen MR) is 60.2 cm³/mol. The van der Waals surface area contributed by atoms with Gasteiger partial charge >= 0.3 is 5.97 Å². The first-order valence-electron chi connectivity index (χ1n) is 4.49. The van der Waals surface area contributed by atoms with E-state index in [0.717, 1.165) is 16.7 Å². The van der Waals surface area contributed by atoms with Crippen LogP contribution in [0.2, 0.25) is 0 Å². The fourth-order valence-electron chi connectivity index (χ4n) is 1.11. The van der Waals surface area contributed by atoms with Crippen LogP contribution in [0.5, 0.6) is 0 Å². The van der Waals surface area contributed by atoms with Crippen LogP contribution in [0.4, 0.5) is 0 Å². The van der Waals surface area contributed by atoms with Crippen LogP contribution in [0, 0.1) is 0 Å². The molecule has 1 aromatic rings. The van der Waals surface area contributed by atoms with Crippen LogP contribution < -0.4 is 0 Å². The number of rotatable bonds is 6. The molecule has 5 nitrogen and oxygen atoms in total. The van der Waals surface area contributed by atoms with Gasteiger partial charge in [-0.2, -0.15) is 8.42 Å². The smallest absolute Gasteiger partial charge is 0.308 e. The van der Waals surface area contributed by atoms with Gasteiger partial charge in [0.1, 0.15) is 0 Å². The van der Waals surface area contributed by atoms with Gasteiger partial charge in [0.15, 0.2) is 0 Å². The first kappa shape index (κ1) is 13.1. The van der Waals surface area contributed by atoms with Gasteiger partial charge in [-0.3, -0.25) is 8.98 Å². The Labute approximate surface area is 97.8 Å². The molecule has 90 valence electrons. The lowest BCUT2D eigenvalue weighted by Crippen LogP contribution is -2.05. The molecular weight excluding hydrogens is 252 g/mol. The summed E-state index contributed by atoms with van der Waals surface area (Å²) in [6.45, 7) is 0.0854. The maximum Gasteiger partial charge on any atom is 0.308 e. The van der Waals surface area contributed by atoms with Gasteiger partial charge in [-0.05, 0) is 23.4 Å². The average molecular weight is 264 g/mol. The second-order valence-corrected chi connectivity index (χ2v) is 5.91. The first-order valence-corrected chi connectivity index (χ1v) is 7.19. The highest BCUT2D eigenvalue weighted by atomic mass is 32.2. The lowest BCUT2D eigenvalue weighted by atomic mass is 10.2. The van der Waals surface area contributed by atoms with Crippen LogP contribution in [-0.4, -0.2) is 32.4 Å². The van der Waals surface area contributed by atoms with Crippen molar-refractivity contribution in [3.05, 3.63) is 21.9 Å². The van der Waals surface area contributed by atoms with Gasteiger partial charge in [0.05, 0.1) is 19.3 Å². The Bertz CT molecular complexity index is 460. The second kappa shape index (κ2) is 5.42. The molecule has 0 bridgehead atoms. The third-order valence-electron chi connectivity index (χ3n) is 1.72. The highest BCUT2D eigenvalue weighted by Crippen LogP contribution is 2.16. The summed E-state index contributed by atoms with van der Waals surface area (Å²) in [5.41, 5.74) is 0.893. The van der Waals surface area contributed by atoms with Crippen molar-refractivity contribution in [1.82, 2.24) is 0 Å². The van der Waals surface area contributed by atoms with Crippen LogP contribution >= 0.6 is 11.3 Å². The molecule has 1 rings (SSSR count). The molecule has 0 radical (unpaired) electrons. The Hall–Kier alpha value is -0.920. The van der Waals surface area contributed by atoms with Crippen LogP contribution in [0.15, 0.2) is 11.4 Å². The number of carboxylic acids is 1. The van der Waals surface area contributed by atoms with Crippen molar-refractivity contribution in [2.75, 3.05) is 12.9 Å². The molecule has 7 heteroatoms. The highest BCUT2D eigenvalue weighted by Gasteiger charge is 2.06. The summed E-state index contributed by atoms with van der Waals surface area (Å²) in [6.07, 6.45) is 1.46. The summed E-state index contributed by atoms with van der Waals surface area (Å²) in [5, 5.41) is 10.4. The Morgan fingerprint density at radius 2 is 2.25 bits per heavy atom. The molecule has 0 unspecified atom stereocenters. The number of thiophene rings is 1. The predicted octanol–water partition coefficient (Wildman–Crippen LogP) is 0.894. The van der Waals surface area contributed by atoms with Crippen molar-refractivity contribution in [2.24, 2.45) is 0 Å². The summed E-state index contributed by atoms with van der Waals surface area (Å²) < 4.78 is 25.9. The van der Waals surface area contributed by atoms with Crippen LogP contribution in [-0.2, 0) is 31.9 Å². The third-order valence-corrected chi connectivity index (χ3v) is 3.30. The zero-order valence-corrected chi connectivity index (χ0v) is 10.3. The summed E-state index contributed by atoms with van der Waals surface area (Å²) in [5.74, 6) is -0.874. The zero-order chi connectivity index (χ0) is 12.2. The molecule has 0 aliphatic rings. The van der Waals surface area contributed by atoms with Gasteiger partial charge in [-0.25, -0.2) is 0 Å². The maximum absolute atomic E-state index is 10.7. The summed E-state index contributed by atoms with van der Waals surface area (Å²) in [7, 11) is -3.40. The average Bonchev–Trinajstić information content (AvgIpc) is 2.49. The van der Waals surface area contributed by atoms with Gasteiger partial charge in [0.25, 0.3) is 10.1 Å². The zero-order valence-electron chi connectivity index (χ0n) is 8.67. The molecule has 1 aromatic heterocycles. The summed E-state index contributed by atoms with van der Waals surface area (Å²) >= 11 is 1.35. The molecule has 0 aliphatic heterocycles. The molecule has 16 heavy (non-hydrogen) atoms.